The molecule has 0 radical (unpaired) electrons. The van der Waals surface area contributed by atoms with Crippen molar-refractivity contribution in [2.24, 2.45) is 16.0 Å². The van der Waals surface area contributed by atoms with Crippen LogP contribution in [-0.2, 0) is 6.42 Å². The number of aromatic nitrogens is 3. The van der Waals surface area contributed by atoms with E-state index >= 15 is 0 Å². The lowest BCUT2D eigenvalue weighted by molar-refractivity contribution is 0.0948. The van der Waals surface area contributed by atoms with Gasteiger partial charge in [0.1, 0.15) is 0 Å². The Kier molecular flexibility index (Phi) is 8.12. The SMILES string of the molecule is C/C(=N\NC(=O)c1nnn(/C(=N/O)C(=N)N)c1CCN1CCCCC1)c1ccc(Cl)c(C)c1. The van der Waals surface area contributed by atoms with E-state index in [1.165, 1.54) is 6.42 Å². The Labute approximate surface area is 196 Å². The number of likely N-dealkylation sites (tertiary alicyclic amines) is 1. The molecule has 176 valence electrons. The molecule has 1 aromatic carbocycles. The second-order valence-corrected chi connectivity index (χ2v) is 8.30. The third-order valence-corrected chi connectivity index (χ3v) is 5.95. The maximum Gasteiger partial charge on any atom is 0.293 e. The molecule has 0 saturated carbocycles. The van der Waals surface area contributed by atoms with Crippen LogP contribution in [0.3, 0.4) is 0 Å². The lowest BCUT2D eigenvalue weighted by Crippen LogP contribution is -2.35. The summed E-state index contributed by atoms with van der Waals surface area (Å²) in [4.78, 5) is 15.2. The van der Waals surface area contributed by atoms with Crippen LogP contribution in [0.5, 0.6) is 0 Å². The van der Waals surface area contributed by atoms with Gasteiger partial charge in [-0.2, -0.15) is 9.78 Å². The van der Waals surface area contributed by atoms with Crippen molar-refractivity contribution in [3.05, 3.63) is 45.7 Å². The maximum atomic E-state index is 12.9. The highest BCUT2D eigenvalue weighted by Gasteiger charge is 2.24. The van der Waals surface area contributed by atoms with Gasteiger partial charge >= 0.3 is 0 Å². The fourth-order valence-corrected chi connectivity index (χ4v) is 3.77. The van der Waals surface area contributed by atoms with Crippen LogP contribution in [0.25, 0.3) is 0 Å². The number of amidine groups is 1. The first kappa shape index (κ1) is 24.3. The molecule has 2 heterocycles. The third kappa shape index (κ3) is 5.93. The Balaban J connectivity index is 1.83. The summed E-state index contributed by atoms with van der Waals surface area (Å²) in [5.74, 6) is -1.37. The minimum atomic E-state index is -0.569. The molecule has 0 spiro atoms. The highest BCUT2D eigenvalue weighted by Crippen LogP contribution is 2.17. The molecule has 11 nitrogen and oxygen atoms in total. The molecule has 1 fully saturated rings. The highest BCUT2D eigenvalue weighted by atomic mass is 35.5. The van der Waals surface area contributed by atoms with Gasteiger partial charge in [-0.1, -0.05) is 34.5 Å². The van der Waals surface area contributed by atoms with Crippen LogP contribution in [0, 0.1) is 12.3 Å². The topological polar surface area (TPSA) is 158 Å². The molecular formula is C21H28ClN9O2. The molecule has 3 rings (SSSR count). The Morgan fingerprint density at radius 3 is 2.70 bits per heavy atom. The number of aryl methyl sites for hydroxylation is 1. The predicted octanol–water partition coefficient (Wildman–Crippen LogP) is 1.99. The summed E-state index contributed by atoms with van der Waals surface area (Å²) in [6, 6.07) is 5.47. The first-order valence-electron chi connectivity index (χ1n) is 10.7. The van der Waals surface area contributed by atoms with Gasteiger partial charge in [-0.25, -0.2) is 5.43 Å². The molecule has 0 atom stereocenters. The average molecular weight is 474 g/mol. The van der Waals surface area contributed by atoms with E-state index in [0.29, 0.717) is 29.4 Å². The van der Waals surface area contributed by atoms with E-state index in [0.717, 1.165) is 41.7 Å². The monoisotopic (exact) mass is 473 g/mol. The van der Waals surface area contributed by atoms with Crippen molar-refractivity contribution in [3.63, 3.8) is 0 Å². The number of hydrogen-bond donors (Lipinski definition) is 4. The molecule has 0 bridgehead atoms. The van der Waals surface area contributed by atoms with Crippen molar-refractivity contribution >= 4 is 34.9 Å². The fourth-order valence-electron chi connectivity index (χ4n) is 3.65. The standard InChI is InChI=1S/C21H28ClN9O2/c1-13-12-15(6-7-16(13)22)14(2)25-27-21(32)18-17(8-11-30-9-4-3-5-10-30)31(29-26-18)20(28-33)19(23)24/h6-7,12,33H,3-5,8-11H2,1-2H3,(H3,23,24)(H,27,32)/b25-14+,28-20+. The number of oxime groups is 1. The van der Waals surface area contributed by atoms with Crippen LogP contribution in [0.4, 0.5) is 0 Å². The molecule has 2 aromatic rings. The molecule has 1 aliphatic heterocycles. The molecular weight excluding hydrogens is 446 g/mol. The van der Waals surface area contributed by atoms with Gasteiger partial charge in [0.25, 0.3) is 5.91 Å². The number of hydrazone groups is 1. The molecule has 1 aliphatic rings. The quantitative estimate of drug-likeness (QED) is 0.217. The van der Waals surface area contributed by atoms with Crippen LogP contribution in [-0.4, -0.2) is 68.0 Å². The summed E-state index contributed by atoms with van der Waals surface area (Å²) in [6.07, 6.45) is 3.86. The van der Waals surface area contributed by atoms with Crippen molar-refractivity contribution in [2.45, 2.75) is 39.5 Å². The summed E-state index contributed by atoms with van der Waals surface area (Å²) >= 11 is 6.08. The van der Waals surface area contributed by atoms with Crippen LogP contribution in [0.15, 0.2) is 28.5 Å². The van der Waals surface area contributed by atoms with E-state index in [9.17, 15) is 10.0 Å². The summed E-state index contributed by atoms with van der Waals surface area (Å²) in [5, 5.41) is 32.7. The number of nitrogens with two attached hydrogens (primary N) is 1. The Morgan fingerprint density at radius 1 is 1.33 bits per heavy atom. The number of rotatable bonds is 6. The summed E-state index contributed by atoms with van der Waals surface area (Å²) in [7, 11) is 0. The number of nitrogens with one attached hydrogen (secondary N) is 2. The van der Waals surface area contributed by atoms with Crippen molar-refractivity contribution in [3.8, 4) is 0 Å². The van der Waals surface area contributed by atoms with Crippen LogP contribution in [0.1, 0.15) is 53.5 Å². The van der Waals surface area contributed by atoms with E-state index in [1.807, 2.05) is 19.1 Å². The second-order valence-electron chi connectivity index (χ2n) is 7.89. The average Bonchev–Trinajstić information content (AvgIpc) is 3.22. The van der Waals surface area contributed by atoms with Gasteiger partial charge in [0.2, 0.25) is 5.84 Å². The van der Waals surface area contributed by atoms with Gasteiger partial charge in [-0.05, 0) is 63.0 Å². The maximum absolute atomic E-state index is 12.9. The highest BCUT2D eigenvalue weighted by molar-refractivity contribution is 6.39. The van der Waals surface area contributed by atoms with Crippen LogP contribution in [0.2, 0.25) is 5.02 Å². The second kappa shape index (κ2) is 11.0. The lowest BCUT2D eigenvalue weighted by Gasteiger charge is -2.26. The number of amides is 1. The zero-order valence-electron chi connectivity index (χ0n) is 18.7. The van der Waals surface area contributed by atoms with E-state index in [4.69, 9.17) is 22.7 Å². The van der Waals surface area contributed by atoms with Gasteiger partial charge in [-0.3, -0.25) is 10.2 Å². The molecule has 33 heavy (non-hydrogen) atoms. The smallest absolute Gasteiger partial charge is 0.293 e. The number of carbonyl (C=O) groups is 1. The van der Waals surface area contributed by atoms with E-state index < -0.39 is 11.7 Å². The van der Waals surface area contributed by atoms with Crippen molar-refractivity contribution in [1.82, 2.24) is 25.3 Å². The van der Waals surface area contributed by atoms with Gasteiger partial charge in [0.05, 0.1) is 11.4 Å². The molecule has 12 heteroatoms. The minimum absolute atomic E-state index is 0.0262. The molecule has 1 aromatic heterocycles. The summed E-state index contributed by atoms with van der Waals surface area (Å²) in [5.41, 5.74) is 10.7. The first-order valence-corrected chi connectivity index (χ1v) is 11.0. The molecule has 0 unspecified atom stereocenters. The molecule has 1 amide bonds. The van der Waals surface area contributed by atoms with Crippen LogP contribution < -0.4 is 11.2 Å². The zero-order valence-corrected chi connectivity index (χ0v) is 19.4. The summed E-state index contributed by atoms with van der Waals surface area (Å²) < 4.78 is 1.13. The van der Waals surface area contributed by atoms with Crippen molar-refractivity contribution < 1.29 is 10.0 Å². The Morgan fingerprint density at radius 2 is 2.06 bits per heavy atom. The number of piperidine rings is 1. The number of carbonyl (C=O) groups excluding carboxylic acids is 1. The molecule has 0 aliphatic carbocycles. The summed E-state index contributed by atoms with van der Waals surface area (Å²) in [6.45, 7) is 6.27. The fraction of sp³-hybridized carbons (Fsp3) is 0.429. The molecule has 5 N–H and O–H groups in total. The van der Waals surface area contributed by atoms with Gasteiger partial charge < -0.3 is 15.8 Å². The van der Waals surface area contributed by atoms with Crippen LogP contribution >= 0.6 is 11.6 Å². The van der Waals surface area contributed by atoms with Gasteiger partial charge in [0, 0.05) is 18.0 Å². The largest absolute Gasteiger partial charge is 0.409 e. The van der Waals surface area contributed by atoms with Gasteiger partial charge in [0.15, 0.2) is 11.5 Å². The predicted molar refractivity (Wildman–Crippen MR) is 126 cm³/mol. The minimum Gasteiger partial charge on any atom is -0.409 e. The van der Waals surface area contributed by atoms with E-state index in [-0.39, 0.29) is 11.5 Å². The first-order chi connectivity index (χ1) is 15.8. The normalized spacial score (nSPS) is 15.5. The van der Waals surface area contributed by atoms with Crippen molar-refractivity contribution in [1.29, 1.82) is 5.41 Å². The number of halogens is 1. The lowest BCUT2D eigenvalue weighted by atomic mass is 10.1. The third-order valence-electron chi connectivity index (χ3n) is 5.53. The van der Waals surface area contributed by atoms with Crippen molar-refractivity contribution in [2.75, 3.05) is 19.6 Å². The Bertz CT molecular complexity index is 1090. The number of nitrogens with zero attached hydrogens (tertiary/aromatic N) is 6. The zero-order chi connectivity index (χ0) is 24.0. The van der Waals surface area contributed by atoms with E-state index in [1.54, 1.807) is 13.0 Å². The number of benzene rings is 1. The number of hydrogen-bond acceptors (Lipinski definition) is 8. The van der Waals surface area contributed by atoms with E-state index in [2.05, 4.69) is 30.9 Å². The van der Waals surface area contributed by atoms with Gasteiger partial charge in [-0.15, -0.1) is 5.10 Å². The Hall–Kier alpha value is -3.31. The molecule has 1 saturated heterocycles.